The van der Waals surface area contributed by atoms with E-state index in [0.717, 1.165) is 17.7 Å². The molecule has 1 aliphatic rings. The van der Waals surface area contributed by atoms with Crippen molar-refractivity contribution in [3.05, 3.63) is 50.7 Å². The third-order valence-corrected chi connectivity index (χ3v) is 8.01. The lowest BCUT2D eigenvalue weighted by Gasteiger charge is -2.34. The largest absolute Gasteiger partial charge is 0.383 e. The van der Waals surface area contributed by atoms with Gasteiger partial charge in [0.1, 0.15) is 5.82 Å². The van der Waals surface area contributed by atoms with Crippen LogP contribution in [0, 0.1) is 11.8 Å². The van der Waals surface area contributed by atoms with E-state index in [0.29, 0.717) is 26.1 Å². The van der Waals surface area contributed by atoms with E-state index < -0.39 is 27.2 Å². The number of nitrogens with two attached hydrogens (primary N) is 1. The third-order valence-electron chi connectivity index (χ3n) is 6.16. The number of benzene rings is 1. The van der Waals surface area contributed by atoms with Crippen molar-refractivity contribution < 1.29 is 13.2 Å². The number of nitrogens with one attached hydrogen (secondary N) is 1. The highest BCUT2D eigenvalue weighted by Crippen LogP contribution is 2.27. The first kappa shape index (κ1) is 25.7. The molecule has 1 fully saturated rings. The van der Waals surface area contributed by atoms with Gasteiger partial charge in [-0.05, 0) is 48.9 Å². The number of aromatic amines is 1. The fraction of sp³-hybridized carbons (Fsp3) is 0.522. The number of nitrogens with zero attached hydrogens (tertiary/aromatic N) is 3. The van der Waals surface area contributed by atoms with Crippen molar-refractivity contribution in [3.8, 4) is 0 Å². The summed E-state index contributed by atoms with van der Waals surface area (Å²) in [5.41, 5.74) is 4.76. The van der Waals surface area contributed by atoms with Crippen molar-refractivity contribution in [2.45, 2.75) is 51.5 Å². The summed E-state index contributed by atoms with van der Waals surface area (Å²) in [5, 5.41) is 0. The molecular formula is C23H33N5O5S. The molecule has 0 saturated carbocycles. The van der Waals surface area contributed by atoms with Crippen molar-refractivity contribution in [2.75, 3.05) is 30.8 Å². The molecule has 10 nitrogen and oxygen atoms in total. The van der Waals surface area contributed by atoms with Crippen molar-refractivity contribution in [2.24, 2.45) is 11.8 Å². The average molecular weight is 492 g/mol. The van der Waals surface area contributed by atoms with Crippen LogP contribution in [-0.2, 0) is 16.6 Å². The number of unbranched alkanes of at least 4 members (excludes halogenated alkanes) is 1. The first-order chi connectivity index (χ1) is 16.0. The molecular weight excluding hydrogens is 458 g/mol. The number of rotatable bonds is 7. The fourth-order valence-electron chi connectivity index (χ4n) is 4.46. The van der Waals surface area contributed by atoms with E-state index in [1.807, 2.05) is 20.8 Å². The molecule has 3 N–H and O–H groups in total. The van der Waals surface area contributed by atoms with Gasteiger partial charge in [0, 0.05) is 32.2 Å². The van der Waals surface area contributed by atoms with Gasteiger partial charge >= 0.3 is 5.69 Å². The second kappa shape index (κ2) is 10.1. The van der Waals surface area contributed by atoms with Crippen LogP contribution in [0.3, 0.4) is 0 Å². The number of carbonyl (C=O) groups excluding carboxylic acids is 1. The molecule has 2 aromatic rings. The summed E-state index contributed by atoms with van der Waals surface area (Å²) in [5.74, 6) is -0.0954. The van der Waals surface area contributed by atoms with Crippen molar-refractivity contribution in [1.82, 2.24) is 13.9 Å². The molecule has 186 valence electrons. The van der Waals surface area contributed by atoms with Gasteiger partial charge in [-0.3, -0.25) is 19.1 Å². The summed E-state index contributed by atoms with van der Waals surface area (Å²) < 4.78 is 28.9. The molecule has 1 aliphatic heterocycles. The summed E-state index contributed by atoms with van der Waals surface area (Å²) in [6.07, 6.45) is 2.48. The number of hydrogen-bond acceptors (Lipinski definition) is 6. The van der Waals surface area contributed by atoms with Gasteiger partial charge in [0.25, 0.3) is 11.5 Å². The highest BCUT2D eigenvalue weighted by molar-refractivity contribution is 7.89. The van der Waals surface area contributed by atoms with Crippen LogP contribution < -0.4 is 21.9 Å². The van der Waals surface area contributed by atoms with Crippen LogP contribution in [0.2, 0.25) is 0 Å². The van der Waals surface area contributed by atoms with Gasteiger partial charge in [-0.15, -0.1) is 0 Å². The highest BCUT2D eigenvalue weighted by atomic mass is 32.2. The standard InChI is InChI=1S/C23H33N5O5S/c1-5-6-11-28-20(24)19(21(29)25-23(28)31)26(4)22(30)17-7-9-18(10-8-17)34(32,33)27-13-15(2)12-16(3)14-27/h7-10,15-16H,5-6,11-14,24H2,1-4H3,(H,25,29,31). The molecule has 0 bridgehead atoms. The number of H-pyrrole nitrogens is 1. The Morgan fingerprint density at radius 2 is 1.74 bits per heavy atom. The minimum absolute atomic E-state index is 0.0920. The zero-order chi connectivity index (χ0) is 25.2. The number of hydrogen-bond donors (Lipinski definition) is 2. The van der Waals surface area contributed by atoms with E-state index in [9.17, 15) is 22.8 Å². The summed E-state index contributed by atoms with van der Waals surface area (Å²) >= 11 is 0. The molecule has 0 aliphatic carbocycles. The molecule has 11 heteroatoms. The second-order valence-electron chi connectivity index (χ2n) is 9.15. The zero-order valence-electron chi connectivity index (χ0n) is 20.1. The first-order valence-corrected chi connectivity index (χ1v) is 12.9. The van der Waals surface area contributed by atoms with Crippen LogP contribution in [0.15, 0.2) is 38.8 Å². The fourth-order valence-corrected chi connectivity index (χ4v) is 6.14. The molecule has 1 amide bonds. The summed E-state index contributed by atoms with van der Waals surface area (Å²) in [7, 11) is -2.29. The molecule has 0 radical (unpaired) electrons. The number of aromatic nitrogens is 2. The molecule has 1 saturated heterocycles. The summed E-state index contributed by atoms with van der Waals surface area (Å²) in [4.78, 5) is 41.1. The Labute approximate surface area is 199 Å². The van der Waals surface area contributed by atoms with Crippen LogP contribution in [0.4, 0.5) is 11.5 Å². The minimum atomic E-state index is -3.68. The Morgan fingerprint density at radius 1 is 1.15 bits per heavy atom. The van der Waals surface area contributed by atoms with Gasteiger partial charge in [0.15, 0.2) is 5.69 Å². The number of amides is 1. The van der Waals surface area contributed by atoms with Crippen molar-refractivity contribution in [3.63, 3.8) is 0 Å². The lowest BCUT2D eigenvalue weighted by Crippen LogP contribution is -2.42. The average Bonchev–Trinajstić information content (AvgIpc) is 2.77. The van der Waals surface area contributed by atoms with Crippen LogP contribution >= 0.6 is 0 Å². The maximum Gasteiger partial charge on any atom is 0.330 e. The van der Waals surface area contributed by atoms with E-state index in [4.69, 9.17) is 5.73 Å². The Kier molecular flexibility index (Phi) is 7.67. The first-order valence-electron chi connectivity index (χ1n) is 11.5. The van der Waals surface area contributed by atoms with Gasteiger partial charge in [-0.25, -0.2) is 13.2 Å². The minimum Gasteiger partial charge on any atom is -0.383 e. The molecule has 2 atom stereocenters. The topological polar surface area (TPSA) is 139 Å². The molecule has 34 heavy (non-hydrogen) atoms. The van der Waals surface area contributed by atoms with Gasteiger partial charge in [0.05, 0.1) is 4.90 Å². The van der Waals surface area contributed by atoms with Gasteiger partial charge < -0.3 is 10.6 Å². The number of anilines is 2. The van der Waals surface area contributed by atoms with Crippen LogP contribution in [0.5, 0.6) is 0 Å². The summed E-state index contributed by atoms with van der Waals surface area (Å²) in [6.45, 7) is 7.27. The quantitative estimate of drug-likeness (QED) is 0.606. The Morgan fingerprint density at radius 3 is 2.29 bits per heavy atom. The second-order valence-corrected chi connectivity index (χ2v) is 11.1. The lowest BCUT2D eigenvalue weighted by atomic mass is 9.94. The predicted molar refractivity (Wildman–Crippen MR) is 132 cm³/mol. The number of sulfonamides is 1. The van der Waals surface area contributed by atoms with Crippen molar-refractivity contribution >= 4 is 27.4 Å². The summed E-state index contributed by atoms with van der Waals surface area (Å²) in [6, 6.07) is 5.63. The maximum absolute atomic E-state index is 13.1. The van der Waals surface area contributed by atoms with Crippen LogP contribution in [0.1, 0.15) is 50.4 Å². The molecule has 2 unspecified atom stereocenters. The van der Waals surface area contributed by atoms with Gasteiger partial charge in [0.2, 0.25) is 10.0 Å². The monoisotopic (exact) mass is 491 g/mol. The Hall–Kier alpha value is -2.92. The molecule has 3 rings (SSSR count). The van der Waals surface area contributed by atoms with E-state index in [2.05, 4.69) is 4.98 Å². The van der Waals surface area contributed by atoms with E-state index >= 15 is 0 Å². The number of carbonyl (C=O) groups is 1. The highest BCUT2D eigenvalue weighted by Gasteiger charge is 2.32. The maximum atomic E-state index is 13.1. The van der Waals surface area contributed by atoms with Gasteiger partial charge in [-0.1, -0.05) is 27.2 Å². The van der Waals surface area contributed by atoms with Gasteiger partial charge in [-0.2, -0.15) is 4.31 Å². The zero-order valence-corrected chi connectivity index (χ0v) is 20.9. The molecule has 2 heterocycles. The Bertz CT molecular complexity index is 1260. The van der Waals surface area contributed by atoms with E-state index in [1.54, 1.807) is 0 Å². The normalized spacial score (nSPS) is 19.2. The third kappa shape index (κ3) is 5.10. The Balaban J connectivity index is 1.88. The van der Waals surface area contributed by atoms with E-state index in [1.165, 1.54) is 40.2 Å². The van der Waals surface area contributed by atoms with Crippen LogP contribution in [0.25, 0.3) is 0 Å². The van der Waals surface area contributed by atoms with E-state index in [-0.39, 0.29) is 33.8 Å². The SMILES string of the molecule is CCCCn1c(N)c(N(C)C(=O)c2ccc(S(=O)(=O)N3CC(C)CC(C)C3)cc2)c(=O)[nH]c1=O. The smallest absolute Gasteiger partial charge is 0.330 e. The van der Waals surface area contributed by atoms with Crippen molar-refractivity contribution in [1.29, 1.82) is 0 Å². The molecule has 1 aromatic heterocycles. The van der Waals surface area contributed by atoms with Crippen LogP contribution in [-0.4, -0.2) is 48.3 Å². The number of piperidine rings is 1. The predicted octanol–water partition coefficient (Wildman–Crippen LogP) is 1.86. The molecule has 0 spiro atoms. The lowest BCUT2D eigenvalue weighted by molar-refractivity contribution is 0.0992. The molecule has 1 aromatic carbocycles. The number of nitrogen functional groups attached to an aromatic ring is 1.